The lowest BCUT2D eigenvalue weighted by molar-refractivity contribution is 0.726. The quantitative estimate of drug-likeness (QED) is 0.788. The lowest BCUT2D eigenvalue weighted by Crippen LogP contribution is -1.96. The summed E-state index contributed by atoms with van der Waals surface area (Å²) in [6.07, 6.45) is 3.09. The van der Waals surface area contributed by atoms with Crippen molar-refractivity contribution in [1.29, 1.82) is 0 Å². The minimum absolute atomic E-state index is 1.09. The fraction of sp³-hybridized carbons (Fsp3) is 0.308. The minimum atomic E-state index is 1.09. The standard InChI is InChI=1S/C13H14N2S/c1-2-10-3-5-11(6-4-10)12-9-14-13-15(12)7-8-16-13/h3-6,9H,2,7-8H2,1H3. The van der Waals surface area contributed by atoms with E-state index in [-0.39, 0.29) is 0 Å². The number of aromatic nitrogens is 2. The molecule has 0 bridgehead atoms. The molecule has 1 aromatic heterocycles. The summed E-state index contributed by atoms with van der Waals surface area (Å²) in [7, 11) is 0. The van der Waals surface area contributed by atoms with Crippen molar-refractivity contribution in [3.8, 4) is 11.3 Å². The Labute approximate surface area is 99.7 Å². The molecule has 0 saturated carbocycles. The molecule has 82 valence electrons. The number of rotatable bonds is 2. The molecule has 0 unspecified atom stereocenters. The SMILES string of the molecule is CCc1ccc(-c2cnc3n2CCS3)cc1. The van der Waals surface area contributed by atoms with Crippen LogP contribution >= 0.6 is 11.8 Å². The molecule has 0 radical (unpaired) electrons. The van der Waals surface area contributed by atoms with Crippen molar-refractivity contribution in [1.82, 2.24) is 9.55 Å². The fourth-order valence-electron chi connectivity index (χ4n) is 2.06. The second-order valence-electron chi connectivity index (χ2n) is 3.98. The number of hydrogen-bond acceptors (Lipinski definition) is 2. The summed E-state index contributed by atoms with van der Waals surface area (Å²) < 4.78 is 2.31. The van der Waals surface area contributed by atoms with Crippen molar-refractivity contribution in [2.24, 2.45) is 0 Å². The molecule has 3 rings (SSSR count). The van der Waals surface area contributed by atoms with E-state index >= 15 is 0 Å². The maximum absolute atomic E-state index is 4.44. The molecule has 0 fully saturated rings. The van der Waals surface area contributed by atoms with Gasteiger partial charge in [-0.1, -0.05) is 43.0 Å². The highest BCUT2D eigenvalue weighted by Crippen LogP contribution is 2.30. The molecule has 1 aromatic carbocycles. The van der Waals surface area contributed by atoms with Gasteiger partial charge in [-0.25, -0.2) is 4.98 Å². The van der Waals surface area contributed by atoms with Crippen molar-refractivity contribution in [3.63, 3.8) is 0 Å². The summed E-state index contributed by atoms with van der Waals surface area (Å²) in [4.78, 5) is 4.44. The van der Waals surface area contributed by atoms with Crippen LogP contribution in [-0.4, -0.2) is 15.3 Å². The Hall–Kier alpha value is -1.22. The van der Waals surface area contributed by atoms with Crippen LogP contribution in [0.3, 0.4) is 0 Å². The molecule has 0 saturated heterocycles. The average molecular weight is 230 g/mol. The molecule has 0 aliphatic carbocycles. The van der Waals surface area contributed by atoms with Crippen LogP contribution in [0.4, 0.5) is 0 Å². The number of hydrogen-bond donors (Lipinski definition) is 0. The van der Waals surface area contributed by atoms with Crippen LogP contribution < -0.4 is 0 Å². The Morgan fingerprint density at radius 3 is 2.88 bits per heavy atom. The summed E-state index contributed by atoms with van der Waals surface area (Å²) in [5.41, 5.74) is 3.92. The van der Waals surface area contributed by atoms with Gasteiger partial charge < -0.3 is 4.57 Å². The highest BCUT2D eigenvalue weighted by atomic mass is 32.2. The third-order valence-corrected chi connectivity index (χ3v) is 3.99. The number of thioether (sulfide) groups is 1. The molecule has 0 amide bonds. The van der Waals surface area contributed by atoms with E-state index in [0.29, 0.717) is 0 Å². The lowest BCUT2D eigenvalue weighted by Gasteiger charge is -2.05. The minimum Gasteiger partial charge on any atom is -0.318 e. The van der Waals surface area contributed by atoms with Crippen LogP contribution in [0.15, 0.2) is 35.6 Å². The lowest BCUT2D eigenvalue weighted by atomic mass is 10.1. The molecular formula is C13H14N2S. The van der Waals surface area contributed by atoms with Crippen LogP contribution in [0.1, 0.15) is 12.5 Å². The zero-order valence-electron chi connectivity index (χ0n) is 9.31. The van der Waals surface area contributed by atoms with E-state index < -0.39 is 0 Å². The van der Waals surface area contributed by atoms with Gasteiger partial charge in [0, 0.05) is 12.3 Å². The Kier molecular flexibility index (Phi) is 2.48. The topological polar surface area (TPSA) is 17.8 Å². The monoisotopic (exact) mass is 230 g/mol. The maximum atomic E-state index is 4.44. The van der Waals surface area contributed by atoms with Crippen LogP contribution in [-0.2, 0) is 13.0 Å². The molecule has 0 spiro atoms. The highest BCUT2D eigenvalue weighted by molar-refractivity contribution is 7.99. The van der Waals surface area contributed by atoms with Gasteiger partial charge in [0.05, 0.1) is 11.9 Å². The summed E-state index contributed by atoms with van der Waals surface area (Å²) >= 11 is 1.84. The third kappa shape index (κ3) is 1.55. The molecule has 16 heavy (non-hydrogen) atoms. The second kappa shape index (κ2) is 3.98. The Bertz CT molecular complexity index is 499. The maximum Gasteiger partial charge on any atom is 0.168 e. The molecule has 2 nitrogen and oxygen atoms in total. The molecule has 1 aliphatic rings. The first-order valence-corrected chi connectivity index (χ1v) is 6.64. The van der Waals surface area contributed by atoms with E-state index in [4.69, 9.17) is 0 Å². The first-order chi connectivity index (χ1) is 7.88. The molecular weight excluding hydrogens is 216 g/mol. The van der Waals surface area contributed by atoms with Crippen molar-refractivity contribution in [3.05, 3.63) is 36.0 Å². The highest BCUT2D eigenvalue weighted by Gasteiger charge is 2.16. The molecule has 0 N–H and O–H groups in total. The van der Waals surface area contributed by atoms with Crippen LogP contribution in [0.25, 0.3) is 11.3 Å². The molecule has 1 aliphatic heterocycles. The van der Waals surface area contributed by atoms with E-state index in [1.54, 1.807) is 0 Å². The van der Waals surface area contributed by atoms with Gasteiger partial charge >= 0.3 is 0 Å². The van der Waals surface area contributed by atoms with E-state index in [1.807, 2.05) is 18.0 Å². The van der Waals surface area contributed by atoms with Crippen LogP contribution in [0, 0.1) is 0 Å². The van der Waals surface area contributed by atoms with Gasteiger partial charge in [0.15, 0.2) is 5.16 Å². The average Bonchev–Trinajstić information content (AvgIpc) is 2.91. The number of benzene rings is 1. The van der Waals surface area contributed by atoms with Crippen LogP contribution in [0.2, 0.25) is 0 Å². The molecule has 3 heteroatoms. The molecule has 0 atom stereocenters. The summed E-state index contributed by atoms with van der Waals surface area (Å²) in [5, 5.41) is 1.16. The first-order valence-electron chi connectivity index (χ1n) is 5.66. The van der Waals surface area contributed by atoms with Crippen molar-refractivity contribution >= 4 is 11.8 Å². The predicted octanol–water partition coefficient (Wildman–Crippen LogP) is 3.22. The number of imidazole rings is 1. The summed E-state index contributed by atoms with van der Waals surface area (Å²) in [6, 6.07) is 8.81. The van der Waals surface area contributed by atoms with Gasteiger partial charge in [0.25, 0.3) is 0 Å². The summed E-state index contributed by atoms with van der Waals surface area (Å²) in [5.74, 6) is 1.16. The van der Waals surface area contributed by atoms with Crippen LogP contribution in [0.5, 0.6) is 0 Å². The van der Waals surface area contributed by atoms with Crippen molar-refractivity contribution < 1.29 is 0 Å². The molecule has 2 heterocycles. The second-order valence-corrected chi connectivity index (χ2v) is 5.04. The third-order valence-electron chi connectivity index (χ3n) is 3.02. The summed E-state index contributed by atoms with van der Waals surface area (Å²) in [6.45, 7) is 3.27. The largest absolute Gasteiger partial charge is 0.318 e. The van der Waals surface area contributed by atoms with Gasteiger partial charge in [-0.05, 0) is 17.5 Å². The van der Waals surface area contributed by atoms with Crippen molar-refractivity contribution in [2.75, 3.05) is 5.75 Å². The smallest absolute Gasteiger partial charge is 0.168 e. The predicted molar refractivity (Wildman–Crippen MR) is 67.8 cm³/mol. The zero-order valence-corrected chi connectivity index (χ0v) is 10.1. The normalized spacial score (nSPS) is 14.1. The van der Waals surface area contributed by atoms with E-state index in [1.165, 1.54) is 16.8 Å². The van der Waals surface area contributed by atoms with E-state index in [0.717, 1.165) is 23.9 Å². The van der Waals surface area contributed by atoms with E-state index in [9.17, 15) is 0 Å². The number of fused-ring (bicyclic) bond motifs is 1. The van der Waals surface area contributed by atoms with Crippen molar-refractivity contribution in [2.45, 2.75) is 25.0 Å². The molecule has 2 aromatic rings. The number of aryl methyl sites for hydroxylation is 1. The zero-order chi connectivity index (χ0) is 11.0. The van der Waals surface area contributed by atoms with Gasteiger partial charge in [-0.15, -0.1) is 0 Å². The van der Waals surface area contributed by atoms with Gasteiger partial charge in [0.2, 0.25) is 0 Å². The number of nitrogens with zero attached hydrogens (tertiary/aromatic N) is 2. The first kappa shape index (κ1) is 9.97. The van der Waals surface area contributed by atoms with E-state index in [2.05, 4.69) is 40.7 Å². The Morgan fingerprint density at radius 2 is 2.12 bits per heavy atom. The van der Waals surface area contributed by atoms with Gasteiger partial charge in [-0.3, -0.25) is 0 Å². The van der Waals surface area contributed by atoms with Gasteiger partial charge in [-0.2, -0.15) is 0 Å². The fourth-order valence-corrected chi connectivity index (χ4v) is 2.99. The Morgan fingerprint density at radius 1 is 1.31 bits per heavy atom. The Balaban J connectivity index is 2.01. The van der Waals surface area contributed by atoms with Gasteiger partial charge in [0.1, 0.15) is 0 Å².